The Morgan fingerprint density at radius 1 is 1.15 bits per heavy atom. The van der Waals surface area contributed by atoms with E-state index >= 15 is 0 Å². The summed E-state index contributed by atoms with van der Waals surface area (Å²) in [6, 6.07) is 13.3. The number of nitrogens with zero attached hydrogens (tertiary/aromatic N) is 1. The van der Waals surface area contributed by atoms with Crippen molar-refractivity contribution in [2.45, 2.75) is 19.9 Å². The molecule has 0 unspecified atom stereocenters. The smallest absolute Gasteiger partial charge is 0.0654 e. The predicted molar refractivity (Wildman–Crippen MR) is 89.0 cm³/mol. The Kier molecular flexibility index (Phi) is 2.71. The fraction of sp³-hybridized carbons (Fsp3) is 0.167. The average Bonchev–Trinajstić information content (AvgIpc) is 3.03. The lowest BCUT2D eigenvalue weighted by Gasteiger charge is -2.01. The standard InChI is InChI=1S/C18H15NS/c1-2-3-7-16-14-10-15-13-6-4-5-8-17(13)20-18(15)9-12(14)11-19-16/h3-10H,2,11H2,1H3/b7-3-. The van der Waals surface area contributed by atoms with Crippen LogP contribution in [0.5, 0.6) is 0 Å². The van der Waals surface area contributed by atoms with E-state index in [0.29, 0.717) is 0 Å². The van der Waals surface area contributed by atoms with Crippen molar-refractivity contribution in [3.05, 3.63) is 59.7 Å². The Balaban J connectivity index is 1.96. The molecule has 0 bridgehead atoms. The molecule has 0 atom stereocenters. The van der Waals surface area contributed by atoms with E-state index in [1.807, 2.05) is 11.3 Å². The highest BCUT2D eigenvalue weighted by atomic mass is 32.1. The first kappa shape index (κ1) is 11.9. The molecule has 1 aromatic heterocycles. The number of aliphatic imine (C=N–C) groups is 1. The van der Waals surface area contributed by atoms with Gasteiger partial charge in [-0.1, -0.05) is 31.2 Å². The van der Waals surface area contributed by atoms with Gasteiger partial charge in [-0.25, -0.2) is 0 Å². The van der Waals surface area contributed by atoms with Gasteiger partial charge in [0.2, 0.25) is 0 Å². The van der Waals surface area contributed by atoms with E-state index in [1.54, 1.807) is 0 Å². The minimum Gasteiger partial charge on any atom is -0.280 e. The summed E-state index contributed by atoms with van der Waals surface area (Å²) < 4.78 is 2.75. The van der Waals surface area contributed by atoms with Crippen molar-refractivity contribution in [3.8, 4) is 0 Å². The number of hydrogen-bond acceptors (Lipinski definition) is 2. The summed E-state index contributed by atoms with van der Waals surface area (Å²) in [6.07, 6.45) is 5.40. The van der Waals surface area contributed by atoms with E-state index in [0.717, 1.165) is 18.7 Å². The lowest BCUT2D eigenvalue weighted by Crippen LogP contribution is -1.93. The molecular weight excluding hydrogens is 262 g/mol. The van der Waals surface area contributed by atoms with E-state index in [2.05, 4.69) is 60.5 Å². The van der Waals surface area contributed by atoms with Crippen LogP contribution in [0.2, 0.25) is 0 Å². The summed E-state index contributed by atoms with van der Waals surface area (Å²) in [5.74, 6) is 0. The van der Waals surface area contributed by atoms with Crippen molar-refractivity contribution in [1.29, 1.82) is 0 Å². The van der Waals surface area contributed by atoms with Crippen molar-refractivity contribution >= 4 is 37.2 Å². The van der Waals surface area contributed by atoms with Crippen LogP contribution in [-0.2, 0) is 6.54 Å². The first-order chi connectivity index (χ1) is 9.86. The molecule has 2 heterocycles. The minimum atomic E-state index is 0.822. The van der Waals surface area contributed by atoms with E-state index in [4.69, 9.17) is 0 Å². The third-order valence-corrected chi connectivity index (χ3v) is 4.94. The normalized spacial score (nSPS) is 14.3. The topological polar surface area (TPSA) is 12.4 Å². The van der Waals surface area contributed by atoms with Crippen molar-refractivity contribution in [2.75, 3.05) is 0 Å². The number of fused-ring (bicyclic) bond motifs is 4. The van der Waals surface area contributed by atoms with Crippen LogP contribution < -0.4 is 0 Å². The van der Waals surface area contributed by atoms with E-state index in [1.165, 1.54) is 31.3 Å². The van der Waals surface area contributed by atoms with Crippen molar-refractivity contribution in [2.24, 2.45) is 4.99 Å². The highest BCUT2D eigenvalue weighted by Gasteiger charge is 2.16. The Hall–Kier alpha value is -1.93. The van der Waals surface area contributed by atoms with Gasteiger partial charge >= 0.3 is 0 Å². The maximum absolute atomic E-state index is 4.66. The summed E-state index contributed by atoms with van der Waals surface area (Å²) in [5.41, 5.74) is 3.81. The van der Waals surface area contributed by atoms with E-state index < -0.39 is 0 Å². The Bertz CT molecular complexity index is 868. The van der Waals surface area contributed by atoms with Gasteiger partial charge in [0.05, 0.1) is 12.3 Å². The second-order valence-corrected chi connectivity index (χ2v) is 6.20. The molecule has 0 spiro atoms. The molecule has 0 aliphatic carbocycles. The van der Waals surface area contributed by atoms with Crippen LogP contribution in [0, 0.1) is 0 Å². The monoisotopic (exact) mass is 277 g/mol. The molecule has 1 nitrogen and oxygen atoms in total. The van der Waals surface area contributed by atoms with Gasteiger partial charge in [0.25, 0.3) is 0 Å². The van der Waals surface area contributed by atoms with Crippen LogP contribution in [0.15, 0.2) is 53.5 Å². The fourth-order valence-corrected chi connectivity index (χ4v) is 3.96. The van der Waals surface area contributed by atoms with Crippen LogP contribution in [0.1, 0.15) is 24.5 Å². The summed E-state index contributed by atoms with van der Waals surface area (Å²) >= 11 is 1.88. The molecule has 98 valence electrons. The SMILES string of the molecule is CC/C=C\C1=NCc2cc3sc4ccccc4c3cc21. The minimum absolute atomic E-state index is 0.822. The number of benzene rings is 2. The zero-order valence-electron chi connectivity index (χ0n) is 11.4. The van der Waals surface area contributed by atoms with Crippen LogP contribution >= 0.6 is 11.3 Å². The maximum Gasteiger partial charge on any atom is 0.0654 e. The molecule has 2 heteroatoms. The van der Waals surface area contributed by atoms with E-state index in [-0.39, 0.29) is 0 Å². The number of thiophene rings is 1. The van der Waals surface area contributed by atoms with Gasteiger partial charge in [-0.05, 0) is 36.3 Å². The molecule has 0 fully saturated rings. The lowest BCUT2D eigenvalue weighted by molar-refractivity contribution is 1.11. The highest BCUT2D eigenvalue weighted by Crippen LogP contribution is 2.37. The fourth-order valence-electron chi connectivity index (χ4n) is 2.81. The number of allylic oxidation sites excluding steroid dienone is 2. The largest absolute Gasteiger partial charge is 0.280 e. The summed E-state index contributed by atoms with van der Waals surface area (Å²) in [4.78, 5) is 4.66. The highest BCUT2D eigenvalue weighted by molar-refractivity contribution is 7.25. The van der Waals surface area contributed by atoms with Crippen LogP contribution in [0.3, 0.4) is 0 Å². The third kappa shape index (κ3) is 1.72. The molecule has 0 radical (unpaired) electrons. The van der Waals surface area contributed by atoms with Gasteiger partial charge < -0.3 is 0 Å². The molecule has 4 rings (SSSR count). The zero-order chi connectivity index (χ0) is 13.5. The molecule has 0 N–H and O–H groups in total. The first-order valence-corrected chi connectivity index (χ1v) is 7.84. The Morgan fingerprint density at radius 3 is 2.95 bits per heavy atom. The maximum atomic E-state index is 4.66. The van der Waals surface area contributed by atoms with Crippen LogP contribution in [0.25, 0.3) is 20.2 Å². The van der Waals surface area contributed by atoms with Gasteiger partial charge in [0, 0.05) is 25.7 Å². The third-order valence-electron chi connectivity index (χ3n) is 3.81. The van der Waals surface area contributed by atoms with E-state index in [9.17, 15) is 0 Å². The molecule has 1 aliphatic heterocycles. The van der Waals surface area contributed by atoms with Gasteiger partial charge in [-0.2, -0.15) is 0 Å². The second-order valence-electron chi connectivity index (χ2n) is 5.12. The van der Waals surface area contributed by atoms with Gasteiger partial charge in [0.1, 0.15) is 0 Å². The number of hydrogen-bond donors (Lipinski definition) is 0. The summed E-state index contributed by atoms with van der Waals surface area (Å²) in [6.45, 7) is 2.98. The second kappa shape index (κ2) is 4.57. The molecule has 0 saturated heterocycles. The lowest BCUT2D eigenvalue weighted by atomic mass is 10.0. The molecule has 1 aliphatic rings. The number of rotatable bonds is 2. The Labute approximate surface area is 122 Å². The van der Waals surface area contributed by atoms with Crippen LogP contribution in [0.4, 0.5) is 0 Å². The Morgan fingerprint density at radius 2 is 2.05 bits per heavy atom. The molecule has 0 amide bonds. The summed E-state index contributed by atoms with van der Waals surface area (Å²) in [5, 5.41) is 2.73. The predicted octanol–water partition coefficient (Wildman–Crippen LogP) is 5.32. The van der Waals surface area contributed by atoms with Crippen molar-refractivity contribution in [3.63, 3.8) is 0 Å². The average molecular weight is 277 g/mol. The summed E-state index contributed by atoms with van der Waals surface area (Å²) in [7, 11) is 0. The van der Waals surface area contributed by atoms with Crippen molar-refractivity contribution in [1.82, 2.24) is 0 Å². The van der Waals surface area contributed by atoms with Gasteiger partial charge in [-0.15, -0.1) is 11.3 Å². The van der Waals surface area contributed by atoms with Gasteiger partial charge in [-0.3, -0.25) is 4.99 Å². The van der Waals surface area contributed by atoms with Crippen molar-refractivity contribution < 1.29 is 0 Å². The molecule has 3 aromatic rings. The van der Waals surface area contributed by atoms with Gasteiger partial charge in [0.15, 0.2) is 0 Å². The zero-order valence-corrected chi connectivity index (χ0v) is 12.2. The van der Waals surface area contributed by atoms with Crippen LogP contribution in [-0.4, -0.2) is 5.71 Å². The molecule has 2 aromatic carbocycles. The quantitative estimate of drug-likeness (QED) is 0.601. The molecule has 0 saturated carbocycles. The first-order valence-electron chi connectivity index (χ1n) is 7.02. The molecule has 20 heavy (non-hydrogen) atoms. The molecular formula is C18H15NS.